The summed E-state index contributed by atoms with van der Waals surface area (Å²) in [7, 11) is 0. The summed E-state index contributed by atoms with van der Waals surface area (Å²) >= 11 is 5.94. The number of pyridine rings is 1. The molecule has 98 valence electrons. The van der Waals surface area contributed by atoms with Crippen molar-refractivity contribution >= 4 is 22.6 Å². The van der Waals surface area contributed by atoms with Gasteiger partial charge in [-0.1, -0.05) is 0 Å². The highest BCUT2D eigenvalue weighted by Crippen LogP contribution is 2.27. The highest BCUT2D eigenvalue weighted by molar-refractivity contribution is 6.20. The van der Waals surface area contributed by atoms with Crippen LogP contribution in [0, 0.1) is 0 Å². The summed E-state index contributed by atoms with van der Waals surface area (Å²) in [4.78, 5) is 8.11. The summed E-state index contributed by atoms with van der Waals surface area (Å²) in [6, 6.07) is 1.64. The number of rotatable bonds is 3. The van der Waals surface area contributed by atoms with Crippen LogP contribution in [0.5, 0.6) is 0 Å². The molecule has 0 aromatic carbocycles. The van der Waals surface area contributed by atoms with Crippen LogP contribution in [0.25, 0.3) is 11.0 Å². The van der Waals surface area contributed by atoms with E-state index in [1.54, 1.807) is 13.0 Å². The number of fused-ring (bicyclic) bond motifs is 1. The van der Waals surface area contributed by atoms with E-state index in [1.165, 1.54) is 17.0 Å². The van der Waals surface area contributed by atoms with Crippen LogP contribution in [0.2, 0.25) is 0 Å². The fraction of sp³-hybridized carbons (Fsp3) is 0.455. The van der Waals surface area contributed by atoms with E-state index < -0.39 is 18.0 Å². The van der Waals surface area contributed by atoms with Crippen molar-refractivity contribution in [2.45, 2.75) is 31.4 Å². The minimum absolute atomic E-state index is 0.184. The van der Waals surface area contributed by atoms with Gasteiger partial charge in [-0.2, -0.15) is 13.2 Å². The second-order valence-electron chi connectivity index (χ2n) is 3.97. The summed E-state index contributed by atoms with van der Waals surface area (Å²) in [6.45, 7) is 1.50. The van der Waals surface area contributed by atoms with Crippen LogP contribution in [0.4, 0.5) is 13.2 Å². The lowest BCUT2D eigenvalue weighted by molar-refractivity contribution is -0.136. The Hall–Kier alpha value is -1.30. The molecule has 0 bridgehead atoms. The van der Waals surface area contributed by atoms with E-state index in [9.17, 15) is 13.2 Å². The first-order chi connectivity index (χ1) is 8.38. The van der Waals surface area contributed by atoms with Gasteiger partial charge >= 0.3 is 6.18 Å². The fourth-order valence-corrected chi connectivity index (χ4v) is 1.94. The molecule has 0 saturated carbocycles. The van der Waals surface area contributed by atoms with Crippen LogP contribution in [0.1, 0.15) is 24.5 Å². The molecule has 0 spiro atoms. The maximum absolute atomic E-state index is 12.3. The fourth-order valence-electron chi connectivity index (χ4n) is 1.78. The van der Waals surface area contributed by atoms with Gasteiger partial charge in [0.15, 0.2) is 0 Å². The van der Waals surface area contributed by atoms with Gasteiger partial charge < -0.3 is 4.57 Å². The van der Waals surface area contributed by atoms with Crippen molar-refractivity contribution in [3.8, 4) is 0 Å². The molecule has 0 aliphatic carbocycles. The molecular formula is C11H11ClF3N3. The molecule has 0 amide bonds. The SMILES string of the molecule is CC(Cl)c1nc2cnccc2n1CCC(F)(F)F. The van der Waals surface area contributed by atoms with Crippen molar-refractivity contribution in [2.75, 3.05) is 0 Å². The van der Waals surface area contributed by atoms with Gasteiger partial charge in [-0.3, -0.25) is 4.98 Å². The zero-order valence-corrected chi connectivity index (χ0v) is 10.3. The van der Waals surface area contributed by atoms with E-state index in [-0.39, 0.29) is 6.54 Å². The Morgan fingerprint density at radius 1 is 1.44 bits per heavy atom. The Morgan fingerprint density at radius 2 is 2.17 bits per heavy atom. The summed E-state index contributed by atoms with van der Waals surface area (Å²) in [5.74, 6) is 0.434. The predicted molar refractivity (Wildman–Crippen MR) is 62.5 cm³/mol. The highest BCUT2D eigenvalue weighted by atomic mass is 35.5. The molecule has 2 rings (SSSR count). The van der Waals surface area contributed by atoms with Gasteiger partial charge in [0.2, 0.25) is 0 Å². The van der Waals surface area contributed by atoms with E-state index in [4.69, 9.17) is 11.6 Å². The van der Waals surface area contributed by atoms with Crippen molar-refractivity contribution < 1.29 is 13.2 Å². The van der Waals surface area contributed by atoms with Crippen molar-refractivity contribution in [1.29, 1.82) is 0 Å². The summed E-state index contributed by atoms with van der Waals surface area (Å²) in [5.41, 5.74) is 1.18. The predicted octanol–water partition coefficient (Wildman–Crippen LogP) is 3.68. The first-order valence-corrected chi connectivity index (χ1v) is 5.83. The number of imidazole rings is 1. The second kappa shape index (κ2) is 4.76. The van der Waals surface area contributed by atoms with Crippen LogP contribution in [0.3, 0.4) is 0 Å². The van der Waals surface area contributed by atoms with Crippen LogP contribution in [-0.4, -0.2) is 20.7 Å². The lowest BCUT2D eigenvalue weighted by Gasteiger charge is -2.12. The molecule has 3 nitrogen and oxygen atoms in total. The number of aryl methyl sites for hydroxylation is 1. The minimum atomic E-state index is -4.20. The number of nitrogens with zero attached hydrogens (tertiary/aromatic N) is 3. The molecule has 0 aliphatic rings. The Kier molecular flexibility index (Phi) is 3.47. The molecule has 2 aromatic rings. The van der Waals surface area contributed by atoms with Crippen LogP contribution in [-0.2, 0) is 6.54 Å². The van der Waals surface area contributed by atoms with Crippen molar-refractivity contribution in [3.63, 3.8) is 0 Å². The molecule has 0 saturated heterocycles. The average molecular weight is 278 g/mol. The molecule has 1 unspecified atom stereocenters. The van der Waals surface area contributed by atoms with Gasteiger partial charge in [-0.25, -0.2) is 4.98 Å². The smallest absolute Gasteiger partial charge is 0.326 e. The molecule has 1 atom stereocenters. The zero-order chi connectivity index (χ0) is 13.3. The Bertz CT molecular complexity index is 548. The lowest BCUT2D eigenvalue weighted by atomic mass is 10.3. The largest absolute Gasteiger partial charge is 0.390 e. The van der Waals surface area contributed by atoms with Crippen molar-refractivity contribution in [2.24, 2.45) is 0 Å². The topological polar surface area (TPSA) is 30.7 Å². The molecule has 18 heavy (non-hydrogen) atoms. The molecule has 2 aromatic heterocycles. The van der Waals surface area contributed by atoms with E-state index in [0.29, 0.717) is 16.9 Å². The second-order valence-corrected chi connectivity index (χ2v) is 4.62. The Balaban J connectivity index is 2.42. The molecule has 2 heterocycles. The number of alkyl halides is 4. The first kappa shape index (κ1) is 13.1. The molecule has 0 N–H and O–H groups in total. The average Bonchev–Trinajstić information content (AvgIpc) is 2.64. The number of hydrogen-bond donors (Lipinski definition) is 0. The minimum Gasteiger partial charge on any atom is -0.326 e. The number of hydrogen-bond acceptors (Lipinski definition) is 2. The Labute approximate surface area is 107 Å². The third-order valence-electron chi connectivity index (χ3n) is 2.55. The third-order valence-corrected chi connectivity index (χ3v) is 2.75. The number of halogens is 4. The third kappa shape index (κ3) is 2.75. The monoisotopic (exact) mass is 277 g/mol. The van der Waals surface area contributed by atoms with Crippen molar-refractivity contribution in [3.05, 3.63) is 24.3 Å². The van der Waals surface area contributed by atoms with E-state index in [1.807, 2.05) is 0 Å². The molecular weight excluding hydrogens is 267 g/mol. The first-order valence-electron chi connectivity index (χ1n) is 5.39. The van der Waals surface area contributed by atoms with Gasteiger partial charge in [0, 0.05) is 12.7 Å². The van der Waals surface area contributed by atoms with Crippen LogP contribution in [0.15, 0.2) is 18.5 Å². The standard InChI is InChI=1S/C11H11ClF3N3/c1-7(12)10-17-8-6-16-4-2-9(8)18(10)5-3-11(13,14)15/h2,4,6-7H,3,5H2,1H3. The maximum Gasteiger partial charge on any atom is 0.390 e. The van der Waals surface area contributed by atoms with Gasteiger partial charge in [-0.05, 0) is 13.0 Å². The summed E-state index contributed by atoms with van der Waals surface area (Å²) < 4.78 is 38.4. The molecule has 0 aliphatic heterocycles. The Morgan fingerprint density at radius 3 is 2.78 bits per heavy atom. The highest BCUT2D eigenvalue weighted by Gasteiger charge is 2.28. The van der Waals surface area contributed by atoms with E-state index in [0.717, 1.165) is 0 Å². The van der Waals surface area contributed by atoms with Gasteiger partial charge in [0.1, 0.15) is 11.3 Å². The van der Waals surface area contributed by atoms with E-state index >= 15 is 0 Å². The summed E-state index contributed by atoms with van der Waals surface area (Å²) in [6.07, 6.45) is -2.06. The van der Waals surface area contributed by atoms with Gasteiger partial charge in [0.05, 0.1) is 23.5 Å². The zero-order valence-electron chi connectivity index (χ0n) is 9.58. The molecule has 0 radical (unpaired) electrons. The van der Waals surface area contributed by atoms with Gasteiger partial charge in [0.25, 0.3) is 0 Å². The lowest BCUT2D eigenvalue weighted by Crippen LogP contribution is -2.14. The van der Waals surface area contributed by atoms with E-state index in [2.05, 4.69) is 9.97 Å². The van der Waals surface area contributed by atoms with Gasteiger partial charge in [-0.15, -0.1) is 11.6 Å². The maximum atomic E-state index is 12.3. The van der Waals surface area contributed by atoms with Crippen LogP contribution >= 0.6 is 11.6 Å². The molecule has 0 fully saturated rings. The number of aromatic nitrogens is 3. The molecule has 7 heteroatoms. The van der Waals surface area contributed by atoms with Crippen molar-refractivity contribution in [1.82, 2.24) is 14.5 Å². The normalized spacial score (nSPS) is 14.1. The summed E-state index contributed by atoms with van der Waals surface area (Å²) in [5, 5.41) is -0.453. The van der Waals surface area contributed by atoms with Crippen LogP contribution < -0.4 is 0 Å². The quantitative estimate of drug-likeness (QED) is 0.801.